The number of anilines is 1. The van der Waals surface area contributed by atoms with Crippen LogP contribution in [0.15, 0.2) is 42.5 Å². The molecule has 0 radical (unpaired) electrons. The van der Waals surface area contributed by atoms with Gasteiger partial charge in [-0.15, -0.1) is 0 Å². The Morgan fingerprint density at radius 2 is 1.58 bits per heavy atom. The maximum atomic E-state index is 13.9. The molecule has 10 heteroatoms. The number of nitrogens with two attached hydrogens (primary N) is 1. The van der Waals surface area contributed by atoms with Crippen LogP contribution in [0.25, 0.3) is 0 Å². The molecule has 2 atom stereocenters. The van der Waals surface area contributed by atoms with Gasteiger partial charge in [-0.2, -0.15) is 0 Å². The van der Waals surface area contributed by atoms with E-state index in [9.17, 15) is 24.3 Å². The minimum Gasteiger partial charge on any atom is -0.508 e. The van der Waals surface area contributed by atoms with Gasteiger partial charge in [-0.1, -0.05) is 36.4 Å². The molecule has 0 saturated heterocycles. The van der Waals surface area contributed by atoms with Crippen LogP contribution in [0.3, 0.4) is 0 Å². The van der Waals surface area contributed by atoms with Crippen molar-refractivity contribution in [3.8, 4) is 5.75 Å². The summed E-state index contributed by atoms with van der Waals surface area (Å²) in [5.41, 5.74) is 6.92. The lowest BCUT2D eigenvalue weighted by Crippen LogP contribution is -2.55. The van der Waals surface area contributed by atoms with E-state index in [0.717, 1.165) is 11.1 Å². The summed E-state index contributed by atoms with van der Waals surface area (Å²) in [7, 11) is 0. The number of ether oxygens (including phenoxy) is 1. The zero-order valence-corrected chi connectivity index (χ0v) is 23.0. The highest BCUT2D eigenvalue weighted by Gasteiger charge is 2.39. The van der Waals surface area contributed by atoms with E-state index in [-0.39, 0.29) is 11.3 Å². The fourth-order valence-electron chi connectivity index (χ4n) is 4.05. The smallest absolute Gasteiger partial charge is 0.408 e. The number of hydrogen-bond donors (Lipinski definition) is 4. The highest BCUT2D eigenvalue weighted by molar-refractivity contribution is 6.01. The van der Waals surface area contributed by atoms with Gasteiger partial charge in [0.15, 0.2) is 0 Å². The number of nitrogens with zero attached hydrogens (tertiary/aromatic N) is 1. The van der Waals surface area contributed by atoms with Gasteiger partial charge < -0.3 is 31.1 Å². The number of benzene rings is 2. The molecule has 2 unspecified atom stereocenters. The number of amides is 4. The number of phenols is 1. The molecule has 2 aromatic carbocycles. The molecule has 0 aliphatic heterocycles. The number of aryl methyl sites for hydroxylation is 2. The zero-order chi connectivity index (χ0) is 28.8. The summed E-state index contributed by atoms with van der Waals surface area (Å²) in [6.45, 7) is 12.0. The first-order valence-electron chi connectivity index (χ1n) is 12.4. The van der Waals surface area contributed by atoms with Crippen molar-refractivity contribution in [3.05, 3.63) is 59.2 Å². The standard InChI is InChI=1S/C28H38N4O6/c1-16(2)32(26(36)20(15-22(29)34)30-27(37)38-28(5,6)7)24(19-13-8-9-14-21(19)33)25(35)31-23-17(3)11-10-12-18(23)4/h8-14,16,20,24,33H,15H2,1-7H3,(H2,29,34)(H,30,37)(H,31,35). The van der Waals surface area contributed by atoms with Gasteiger partial charge in [-0.25, -0.2) is 4.79 Å². The van der Waals surface area contributed by atoms with Gasteiger partial charge in [0.1, 0.15) is 23.4 Å². The first-order chi connectivity index (χ1) is 17.6. The van der Waals surface area contributed by atoms with Crippen LogP contribution < -0.4 is 16.4 Å². The molecule has 0 bridgehead atoms. The summed E-state index contributed by atoms with van der Waals surface area (Å²) in [6, 6.07) is 8.43. The molecule has 10 nitrogen and oxygen atoms in total. The molecule has 0 spiro atoms. The predicted octanol–water partition coefficient (Wildman–Crippen LogP) is 3.69. The molecule has 0 aliphatic rings. The Labute approximate surface area is 223 Å². The van der Waals surface area contributed by atoms with Gasteiger partial charge >= 0.3 is 6.09 Å². The van der Waals surface area contributed by atoms with E-state index in [2.05, 4.69) is 10.6 Å². The lowest BCUT2D eigenvalue weighted by Gasteiger charge is -2.37. The van der Waals surface area contributed by atoms with Crippen LogP contribution in [0.2, 0.25) is 0 Å². The number of rotatable bonds is 9. The van der Waals surface area contributed by atoms with E-state index in [1.807, 2.05) is 32.0 Å². The third-order valence-corrected chi connectivity index (χ3v) is 5.69. The first-order valence-corrected chi connectivity index (χ1v) is 12.4. The summed E-state index contributed by atoms with van der Waals surface area (Å²) in [5, 5.41) is 16.0. The molecule has 38 heavy (non-hydrogen) atoms. The molecule has 4 amide bonds. The van der Waals surface area contributed by atoms with Crippen LogP contribution >= 0.6 is 0 Å². The number of phenolic OH excluding ortho intramolecular Hbond substituents is 1. The van der Waals surface area contributed by atoms with Crippen molar-refractivity contribution in [3.63, 3.8) is 0 Å². The summed E-state index contributed by atoms with van der Waals surface area (Å²) in [4.78, 5) is 53.4. The molecular formula is C28H38N4O6. The van der Waals surface area contributed by atoms with Gasteiger partial charge in [0.2, 0.25) is 11.8 Å². The van der Waals surface area contributed by atoms with Crippen LogP contribution in [0.1, 0.15) is 63.8 Å². The largest absolute Gasteiger partial charge is 0.508 e. The van der Waals surface area contributed by atoms with Crippen molar-refractivity contribution < 1.29 is 29.0 Å². The topological polar surface area (TPSA) is 151 Å². The van der Waals surface area contributed by atoms with Crippen molar-refractivity contribution in [2.45, 2.75) is 78.6 Å². The van der Waals surface area contributed by atoms with E-state index in [0.29, 0.717) is 5.69 Å². The molecule has 0 fully saturated rings. The normalized spacial score (nSPS) is 12.8. The fourth-order valence-corrected chi connectivity index (χ4v) is 4.05. The Morgan fingerprint density at radius 3 is 2.08 bits per heavy atom. The second kappa shape index (κ2) is 12.4. The van der Waals surface area contributed by atoms with E-state index in [4.69, 9.17) is 10.5 Å². The summed E-state index contributed by atoms with van der Waals surface area (Å²) in [5.74, 6) is -2.35. The van der Waals surface area contributed by atoms with Crippen molar-refractivity contribution in [2.75, 3.05) is 5.32 Å². The lowest BCUT2D eigenvalue weighted by molar-refractivity contribution is -0.144. The predicted molar refractivity (Wildman–Crippen MR) is 144 cm³/mol. The zero-order valence-electron chi connectivity index (χ0n) is 23.0. The molecular weight excluding hydrogens is 488 g/mol. The minimum absolute atomic E-state index is 0.174. The number of carbonyl (C=O) groups excluding carboxylic acids is 4. The Hall–Kier alpha value is -4.08. The molecule has 2 aromatic rings. The summed E-state index contributed by atoms with van der Waals surface area (Å²) < 4.78 is 5.27. The monoisotopic (exact) mass is 526 g/mol. The Morgan fingerprint density at radius 1 is 1.00 bits per heavy atom. The van der Waals surface area contributed by atoms with Crippen molar-refractivity contribution in [1.29, 1.82) is 0 Å². The maximum Gasteiger partial charge on any atom is 0.408 e. The van der Waals surface area contributed by atoms with Crippen molar-refractivity contribution in [2.24, 2.45) is 5.73 Å². The molecule has 0 aliphatic carbocycles. The fraction of sp³-hybridized carbons (Fsp3) is 0.429. The Bertz CT molecular complexity index is 1170. The molecule has 0 heterocycles. The van der Waals surface area contributed by atoms with E-state index in [1.54, 1.807) is 46.8 Å². The van der Waals surface area contributed by atoms with Gasteiger partial charge in [0.25, 0.3) is 5.91 Å². The van der Waals surface area contributed by atoms with E-state index >= 15 is 0 Å². The Kier molecular flexibility index (Phi) is 9.87. The van der Waals surface area contributed by atoms with Crippen LogP contribution in [-0.4, -0.2) is 51.5 Å². The third-order valence-electron chi connectivity index (χ3n) is 5.69. The lowest BCUT2D eigenvalue weighted by atomic mass is 9.99. The Balaban J connectivity index is 2.58. The molecule has 2 rings (SSSR count). The first kappa shape index (κ1) is 30.1. The average Bonchev–Trinajstić information content (AvgIpc) is 2.77. The number of nitrogens with one attached hydrogen (secondary N) is 2. The molecule has 0 aromatic heterocycles. The van der Waals surface area contributed by atoms with Crippen LogP contribution in [-0.2, 0) is 19.1 Å². The van der Waals surface area contributed by atoms with E-state index < -0.39 is 54.0 Å². The number of aromatic hydroxyl groups is 1. The molecule has 5 N–H and O–H groups in total. The maximum absolute atomic E-state index is 13.9. The highest BCUT2D eigenvalue weighted by Crippen LogP contribution is 2.33. The van der Waals surface area contributed by atoms with Crippen molar-refractivity contribution in [1.82, 2.24) is 10.2 Å². The van der Waals surface area contributed by atoms with Gasteiger partial charge in [0.05, 0.1) is 6.42 Å². The molecule has 0 saturated carbocycles. The van der Waals surface area contributed by atoms with Gasteiger partial charge in [0, 0.05) is 17.3 Å². The van der Waals surface area contributed by atoms with Gasteiger partial charge in [-0.3, -0.25) is 14.4 Å². The number of para-hydroxylation sites is 2. The number of alkyl carbamates (subject to hydrolysis) is 1. The quantitative estimate of drug-likeness (QED) is 0.391. The average molecular weight is 527 g/mol. The van der Waals surface area contributed by atoms with Gasteiger partial charge in [-0.05, 0) is 65.7 Å². The second-order valence-corrected chi connectivity index (χ2v) is 10.4. The second-order valence-electron chi connectivity index (χ2n) is 10.4. The summed E-state index contributed by atoms with van der Waals surface area (Å²) >= 11 is 0. The number of carbonyl (C=O) groups is 4. The van der Waals surface area contributed by atoms with Crippen LogP contribution in [0.5, 0.6) is 5.75 Å². The highest BCUT2D eigenvalue weighted by atomic mass is 16.6. The molecule has 206 valence electrons. The summed E-state index contributed by atoms with van der Waals surface area (Å²) in [6.07, 6.45) is -1.44. The van der Waals surface area contributed by atoms with Crippen LogP contribution in [0.4, 0.5) is 10.5 Å². The number of primary amides is 1. The van der Waals surface area contributed by atoms with Crippen molar-refractivity contribution >= 4 is 29.5 Å². The third kappa shape index (κ3) is 7.96. The number of hydrogen-bond acceptors (Lipinski definition) is 6. The SMILES string of the molecule is Cc1cccc(C)c1NC(=O)C(c1ccccc1O)N(C(=O)C(CC(N)=O)NC(=O)OC(C)(C)C)C(C)C. The van der Waals surface area contributed by atoms with E-state index in [1.165, 1.54) is 17.0 Å². The minimum atomic E-state index is -1.41. The van der Waals surface area contributed by atoms with Crippen LogP contribution in [0, 0.1) is 13.8 Å².